The van der Waals surface area contributed by atoms with Gasteiger partial charge in [-0.3, -0.25) is 4.79 Å². The first-order chi connectivity index (χ1) is 20.8. The standard InChI is InChI=1S/C32H35N5O6/c1-36-15-9-4-3-8-12-21-18-32(21,30(39)40)35-28(38)26-17-23(19-37(26)31(36)41)43-29-24-14-13-22(42-2)16-25(24)33-27(34-29)20-10-6-5-7-11-20/h5-8,10-14,16,21,23,26H,3-4,9,15,17-19H2,1-2H3,(H,35,38)(H,39,40)/t21-,23-,26+,32-/m1/s1. The van der Waals surface area contributed by atoms with Crippen LogP contribution >= 0.6 is 0 Å². The van der Waals surface area contributed by atoms with Crippen molar-refractivity contribution in [1.29, 1.82) is 0 Å². The van der Waals surface area contributed by atoms with E-state index < -0.39 is 29.6 Å². The molecule has 3 aliphatic rings. The number of hydrogen-bond acceptors (Lipinski definition) is 7. The van der Waals surface area contributed by atoms with Gasteiger partial charge in [-0.05, 0) is 37.8 Å². The molecule has 2 N–H and O–H groups in total. The molecule has 1 aliphatic carbocycles. The maximum atomic E-state index is 13.7. The van der Waals surface area contributed by atoms with Crippen LogP contribution in [-0.2, 0) is 9.59 Å². The van der Waals surface area contributed by atoms with E-state index in [1.807, 2.05) is 54.6 Å². The first-order valence-corrected chi connectivity index (χ1v) is 14.6. The number of methoxy groups -OCH3 is 1. The van der Waals surface area contributed by atoms with E-state index in [2.05, 4.69) is 5.32 Å². The molecule has 3 aromatic rings. The van der Waals surface area contributed by atoms with Crippen LogP contribution in [0, 0.1) is 5.92 Å². The summed E-state index contributed by atoms with van der Waals surface area (Å²) in [6.45, 7) is 0.692. The number of aromatic nitrogens is 2. The molecule has 6 rings (SSSR count). The van der Waals surface area contributed by atoms with Gasteiger partial charge in [-0.1, -0.05) is 42.5 Å². The van der Waals surface area contributed by atoms with E-state index in [1.165, 1.54) is 4.90 Å². The van der Waals surface area contributed by atoms with Gasteiger partial charge in [0.25, 0.3) is 0 Å². The SMILES string of the molecule is COc1ccc2c(O[C@@H]3C[C@H]4C(=O)N[C@]5(C(=O)O)C[C@H]5C=CCCCCN(C)C(=O)N4C3)nc(-c3ccccc3)nc2c1. The third-order valence-corrected chi connectivity index (χ3v) is 8.54. The number of carboxylic acid groups (broad SMARTS) is 1. The van der Waals surface area contributed by atoms with Crippen LogP contribution in [0.3, 0.4) is 0 Å². The van der Waals surface area contributed by atoms with Crippen molar-refractivity contribution in [2.75, 3.05) is 27.2 Å². The lowest BCUT2D eigenvalue weighted by Gasteiger charge is -2.29. The van der Waals surface area contributed by atoms with Crippen LogP contribution in [-0.4, -0.2) is 87.7 Å². The molecule has 4 atom stereocenters. The van der Waals surface area contributed by atoms with Crippen molar-refractivity contribution in [3.8, 4) is 23.0 Å². The van der Waals surface area contributed by atoms with E-state index in [9.17, 15) is 19.5 Å². The molecule has 3 amide bonds. The number of urea groups is 1. The molecule has 1 saturated carbocycles. The lowest BCUT2D eigenvalue weighted by atomic mass is 10.1. The topological polar surface area (TPSA) is 134 Å². The van der Waals surface area contributed by atoms with Crippen LogP contribution in [0.1, 0.15) is 32.1 Å². The average Bonchev–Trinajstić information content (AvgIpc) is 3.55. The van der Waals surface area contributed by atoms with Gasteiger partial charge in [0.2, 0.25) is 11.8 Å². The van der Waals surface area contributed by atoms with Crippen LogP contribution < -0.4 is 14.8 Å². The van der Waals surface area contributed by atoms with Crippen molar-refractivity contribution in [3.05, 3.63) is 60.7 Å². The average molecular weight is 586 g/mol. The molecular weight excluding hydrogens is 550 g/mol. The van der Waals surface area contributed by atoms with Crippen molar-refractivity contribution in [3.63, 3.8) is 0 Å². The van der Waals surface area contributed by atoms with Crippen LogP contribution in [0.4, 0.5) is 4.79 Å². The zero-order chi connectivity index (χ0) is 30.1. The summed E-state index contributed by atoms with van der Waals surface area (Å²) in [5, 5.41) is 13.5. The molecule has 1 saturated heterocycles. The molecule has 2 aliphatic heterocycles. The highest BCUT2D eigenvalue weighted by atomic mass is 16.5. The summed E-state index contributed by atoms with van der Waals surface area (Å²) in [5.74, 6) is -0.405. The maximum absolute atomic E-state index is 13.7. The lowest BCUT2D eigenvalue weighted by Crippen LogP contribution is -2.54. The second-order valence-electron chi connectivity index (χ2n) is 11.4. The van der Waals surface area contributed by atoms with Gasteiger partial charge < -0.3 is 29.7 Å². The minimum absolute atomic E-state index is 0.146. The summed E-state index contributed by atoms with van der Waals surface area (Å²) in [6.07, 6.45) is 6.27. The highest BCUT2D eigenvalue weighted by molar-refractivity contribution is 5.94. The molecule has 43 heavy (non-hydrogen) atoms. The largest absolute Gasteiger partial charge is 0.497 e. The number of hydrogen-bond donors (Lipinski definition) is 2. The van der Waals surface area contributed by atoms with E-state index in [1.54, 1.807) is 25.1 Å². The van der Waals surface area contributed by atoms with Crippen molar-refractivity contribution >= 4 is 28.8 Å². The Bertz CT molecular complexity index is 1580. The summed E-state index contributed by atoms with van der Waals surface area (Å²) in [5.41, 5.74) is 0.0810. The number of allylic oxidation sites excluding steroid dienone is 1. The molecule has 0 radical (unpaired) electrons. The number of benzene rings is 2. The number of rotatable bonds is 5. The Balaban J connectivity index is 1.32. The molecule has 11 nitrogen and oxygen atoms in total. The first-order valence-electron chi connectivity index (χ1n) is 14.6. The Morgan fingerprint density at radius 1 is 1.12 bits per heavy atom. The molecule has 2 fully saturated rings. The number of carbonyl (C=O) groups is 3. The predicted octanol–water partition coefficient (Wildman–Crippen LogP) is 3.88. The summed E-state index contributed by atoms with van der Waals surface area (Å²) >= 11 is 0. The van der Waals surface area contributed by atoms with Crippen molar-refractivity contribution in [2.24, 2.45) is 5.92 Å². The van der Waals surface area contributed by atoms with Crippen molar-refractivity contribution in [2.45, 2.75) is 49.8 Å². The Morgan fingerprint density at radius 3 is 2.70 bits per heavy atom. The summed E-state index contributed by atoms with van der Waals surface area (Å²) in [7, 11) is 3.31. The van der Waals surface area contributed by atoms with Crippen LogP contribution in [0.15, 0.2) is 60.7 Å². The zero-order valence-electron chi connectivity index (χ0n) is 24.2. The number of carboxylic acids is 1. The van der Waals surface area contributed by atoms with E-state index in [4.69, 9.17) is 19.4 Å². The number of aliphatic carboxylic acids is 1. The van der Waals surface area contributed by atoms with Gasteiger partial charge in [-0.15, -0.1) is 0 Å². The lowest BCUT2D eigenvalue weighted by molar-refractivity contribution is -0.144. The first kappa shape index (κ1) is 28.4. The number of amides is 3. The number of fused-ring (bicyclic) bond motifs is 3. The van der Waals surface area contributed by atoms with E-state index in [0.717, 1.165) is 24.8 Å². The highest BCUT2D eigenvalue weighted by Gasteiger charge is 2.61. The quantitative estimate of drug-likeness (QED) is 0.431. The van der Waals surface area contributed by atoms with Crippen LogP contribution in [0.2, 0.25) is 0 Å². The third kappa shape index (κ3) is 5.59. The maximum Gasteiger partial charge on any atom is 0.330 e. The Hall–Kier alpha value is -4.67. The van der Waals surface area contributed by atoms with Gasteiger partial charge in [0.15, 0.2) is 5.82 Å². The molecular formula is C32H35N5O6. The van der Waals surface area contributed by atoms with E-state index >= 15 is 0 Å². The fraction of sp³-hybridized carbons (Fsp3) is 0.406. The smallest absolute Gasteiger partial charge is 0.330 e. The number of ether oxygens (including phenoxy) is 2. The Labute approximate surface area is 249 Å². The van der Waals surface area contributed by atoms with Crippen LogP contribution in [0.25, 0.3) is 22.3 Å². The van der Waals surface area contributed by atoms with Gasteiger partial charge in [-0.25, -0.2) is 14.6 Å². The molecule has 1 aromatic heterocycles. The van der Waals surface area contributed by atoms with Crippen LogP contribution in [0.5, 0.6) is 11.6 Å². The molecule has 2 aromatic carbocycles. The fourth-order valence-electron chi connectivity index (χ4n) is 5.97. The van der Waals surface area contributed by atoms with Gasteiger partial charge >= 0.3 is 12.0 Å². The number of nitrogens with zero attached hydrogens (tertiary/aromatic N) is 4. The molecule has 11 heteroatoms. The summed E-state index contributed by atoms with van der Waals surface area (Å²) in [4.78, 5) is 52.2. The number of nitrogens with one attached hydrogen (secondary N) is 1. The molecule has 224 valence electrons. The summed E-state index contributed by atoms with van der Waals surface area (Å²) < 4.78 is 11.9. The van der Waals surface area contributed by atoms with Gasteiger partial charge in [0.1, 0.15) is 23.4 Å². The third-order valence-electron chi connectivity index (χ3n) is 8.54. The van der Waals surface area contributed by atoms with Gasteiger partial charge in [0, 0.05) is 37.6 Å². The number of carbonyl (C=O) groups excluding carboxylic acids is 2. The predicted molar refractivity (Wildman–Crippen MR) is 159 cm³/mol. The zero-order valence-corrected chi connectivity index (χ0v) is 24.2. The normalized spacial score (nSPS) is 25.9. The molecule has 0 spiro atoms. The van der Waals surface area contributed by atoms with Gasteiger partial charge in [-0.2, -0.15) is 4.98 Å². The van der Waals surface area contributed by atoms with Crippen molar-refractivity contribution < 1.29 is 29.0 Å². The van der Waals surface area contributed by atoms with Crippen molar-refractivity contribution in [1.82, 2.24) is 25.1 Å². The Morgan fingerprint density at radius 2 is 1.93 bits per heavy atom. The monoisotopic (exact) mass is 585 g/mol. The van der Waals surface area contributed by atoms with Gasteiger partial charge in [0.05, 0.1) is 24.6 Å². The Kier molecular flexibility index (Phi) is 7.64. The van der Waals surface area contributed by atoms with E-state index in [-0.39, 0.29) is 24.9 Å². The fourth-order valence-corrected chi connectivity index (χ4v) is 5.97. The highest BCUT2D eigenvalue weighted by Crippen LogP contribution is 2.45. The second kappa shape index (κ2) is 11.5. The molecule has 0 bridgehead atoms. The molecule has 0 unspecified atom stereocenters. The minimum atomic E-state index is -1.36. The second-order valence-corrected chi connectivity index (χ2v) is 11.4. The minimum Gasteiger partial charge on any atom is -0.497 e. The molecule has 3 heterocycles. The van der Waals surface area contributed by atoms with E-state index in [0.29, 0.717) is 41.3 Å². The summed E-state index contributed by atoms with van der Waals surface area (Å²) in [6, 6.07) is 13.8.